The van der Waals surface area contributed by atoms with E-state index in [0.29, 0.717) is 5.76 Å². The number of hydrogen-bond acceptors (Lipinski definition) is 4. The lowest BCUT2D eigenvalue weighted by molar-refractivity contribution is 0.102. The van der Waals surface area contributed by atoms with Crippen molar-refractivity contribution in [2.75, 3.05) is 6.26 Å². The molecule has 0 aliphatic rings. The van der Waals surface area contributed by atoms with Gasteiger partial charge < -0.3 is 9.15 Å². The minimum absolute atomic E-state index is 0.151. The third-order valence-corrected chi connectivity index (χ3v) is 4.43. The van der Waals surface area contributed by atoms with E-state index in [4.69, 9.17) is 9.15 Å². The number of thioether (sulfide) groups is 1. The summed E-state index contributed by atoms with van der Waals surface area (Å²) in [6.45, 7) is 6.03. The van der Waals surface area contributed by atoms with Crippen LogP contribution in [0.3, 0.4) is 0 Å². The largest absolute Gasteiger partial charge is 0.488 e. The highest BCUT2D eigenvalue weighted by Gasteiger charge is 2.12. The molecule has 0 saturated heterocycles. The lowest BCUT2D eigenvalue weighted by atomic mass is 10.1. The fourth-order valence-corrected chi connectivity index (χ4v) is 2.94. The first kappa shape index (κ1) is 18.3. The van der Waals surface area contributed by atoms with Crippen LogP contribution in [0.2, 0.25) is 0 Å². The second-order valence-corrected chi connectivity index (χ2v) is 7.88. The van der Waals surface area contributed by atoms with Crippen molar-refractivity contribution < 1.29 is 13.9 Å². The number of allylic oxidation sites excluding steroid dienone is 1. The fraction of sp³-hybridized carbons (Fsp3) is 0.227. The number of ketones is 1. The van der Waals surface area contributed by atoms with Crippen LogP contribution in [-0.2, 0) is 0 Å². The number of hydrogen-bond donors (Lipinski definition) is 0. The molecule has 3 aromatic rings. The number of furan rings is 1. The molecule has 0 spiro atoms. The molecule has 0 aliphatic heterocycles. The molecule has 0 fully saturated rings. The summed E-state index contributed by atoms with van der Waals surface area (Å²) in [5.74, 6) is 1.01. The molecule has 4 heteroatoms. The van der Waals surface area contributed by atoms with Crippen molar-refractivity contribution in [2.45, 2.75) is 31.3 Å². The number of rotatable bonds is 5. The van der Waals surface area contributed by atoms with Gasteiger partial charge in [0, 0.05) is 10.3 Å². The first-order valence-corrected chi connectivity index (χ1v) is 9.66. The summed E-state index contributed by atoms with van der Waals surface area (Å²) in [6.07, 6.45) is 5.33. The van der Waals surface area contributed by atoms with Gasteiger partial charge >= 0.3 is 0 Å². The zero-order valence-corrected chi connectivity index (χ0v) is 16.2. The standard InChI is InChI=1S/C22H22O3S/c1-22(2,3)25-17-9-5-15(6-10-17)7-12-19(23)21-13-16-8-11-18(26-4)14-20(16)24-21/h5-14H,1-4H3. The van der Waals surface area contributed by atoms with Crippen LogP contribution in [0, 0.1) is 0 Å². The van der Waals surface area contributed by atoms with Gasteiger partial charge in [-0.1, -0.05) is 18.2 Å². The summed E-state index contributed by atoms with van der Waals surface area (Å²) in [4.78, 5) is 13.5. The monoisotopic (exact) mass is 366 g/mol. The maximum absolute atomic E-state index is 12.4. The highest BCUT2D eigenvalue weighted by atomic mass is 32.2. The van der Waals surface area contributed by atoms with Crippen molar-refractivity contribution in [3.05, 3.63) is 65.9 Å². The first-order valence-electron chi connectivity index (χ1n) is 8.43. The summed E-state index contributed by atoms with van der Waals surface area (Å²) in [7, 11) is 0. The maximum atomic E-state index is 12.4. The van der Waals surface area contributed by atoms with Crippen molar-refractivity contribution in [2.24, 2.45) is 0 Å². The SMILES string of the molecule is CSc1ccc2cc(C(=O)C=Cc3ccc(OC(C)(C)C)cc3)oc2c1. The van der Waals surface area contributed by atoms with Crippen molar-refractivity contribution in [3.8, 4) is 5.75 Å². The summed E-state index contributed by atoms with van der Waals surface area (Å²) in [5.41, 5.74) is 1.43. The zero-order valence-electron chi connectivity index (χ0n) is 15.4. The molecule has 2 aromatic carbocycles. The second-order valence-electron chi connectivity index (χ2n) is 7.00. The number of carbonyl (C=O) groups is 1. The van der Waals surface area contributed by atoms with Crippen molar-refractivity contribution >= 4 is 34.6 Å². The van der Waals surface area contributed by atoms with E-state index in [-0.39, 0.29) is 11.4 Å². The summed E-state index contributed by atoms with van der Waals surface area (Å²) in [6, 6.07) is 15.4. The van der Waals surface area contributed by atoms with E-state index >= 15 is 0 Å². The van der Waals surface area contributed by atoms with E-state index < -0.39 is 0 Å². The lowest BCUT2D eigenvalue weighted by Crippen LogP contribution is -2.22. The van der Waals surface area contributed by atoms with Gasteiger partial charge in [0.15, 0.2) is 5.76 Å². The molecule has 0 N–H and O–H groups in total. The molecule has 1 aromatic heterocycles. The van der Waals surface area contributed by atoms with Gasteiger partial charge in [-0.2, -0.15) is 0 Å². The topological polar surface area (TPSA) is 39.4 Å². The van der Waals surface area contributed by atoms with Crippen LogP contribution >= 0.6 is 11.8 Å². The Morgan fingerprint density at radius 2 is 1.81 bits per heavy atom. The van der Waals surface area contributed by atoms with Crippen LogP contribution in [0.25, 0.3) is 17.0 Å². The van der Waals surface area contributed by atoms with E-state index in [2.05, 4.69) is 0 Å². The molecular weight excluding hydrogens is 344 g/mol. The van der Waals surface area contributed by atoms with Crippen LogP contribution < -0.4 is 4.74 Å². The molecule has 3 rings (SSSR count). The number of carbonyl (C=O) groups excluding carboxylic acids is 1. The molecule has 0 aliphatic carbocycles. The van der Waals surface area contributed by atoms with Gasteiger partial charge in [0.25, 0.3) is 0 Å². The fourth-order valence-electron chi connectivity index (χ4n) is 2.51. The van der Waals surface area contributed by atoms with Gasteiger partial charge in [-0.15, -0.1) is 11.8 Å². The van der Waals surface area contributed by atoms with E-state index in [0.717, 1.165) is 27.2 Å². The predicted octanol–water partition coefficient (Wildman–Crippen LogP) is 6.23. The maximum Gasteiger partial charge on any atom is 0.221 e. The first-order chi connectivity index (χ1) is 12.3. The minimum atomic E-state index is -0.231. The average molecular weight is 366 g/mol. The van der Waals surface area contributed by atoms with Crippen LogP contribution in [0.15, 0.2) is 63.9 Å². The van der Waals surface area contributed by atoms with Gasteiger partial charge in [0.1, 0.15) is 16.9 Å². The van der Waals surface area contributed by atoms with E-state index in [9.17, 15) is 4.79 Å². The molecule has 0 bridgehead atoms. The molecule has 134 valence electrons. The molecule has 1 heterocycles. The third-order valence-electron chi connectivity index (χ3n) is 3.70. The Hall–Kier alpha value is -2.46. The predicted molar refractivity (Wildman–Crippen MR) is 108 cm³/mol. The quantitative estimate of drug-likeness (QED) is 0.305. The summed E-state index contributed by atoms with van der Waals surface area (Å²) < 4.78 is 11.5. The second kappa shape index (κ2) is 7.42. The Kier molecular flexibility index (Phi) is 5.23. The van der Waals surface area contributed by atoms with Crippen molar-refractivity contribution in [1.29, 1.82) is 0 Å². The van der Waals surface area contributed by atoms with Gasteiger partial charge in [-0.3, -0.25) is 4.79 Å². The summed E-state index contributed by atoms with van der Waals surface area (Å²) >= 11 is 1.64. The van der Waals surface area contributed by atoms with Gasteiger partial charge in [-0.25, -0.2) is 0 Å². The third kappa shape index (κ3) is 4.58. The lowest BCUT2D eigenvalue weighted by Gasteiger charge is -2.21. The average Bonchev–Trinajstić information content (AvgIpc) is 3.02. The molecule has 0 radical (unpaired) electrons. The Balaban J connectivity index is 1.73. The molecule has 3 nitrogen and oxygen atoms in total. The number of benzene rings is 2. The zero-order chi connectivity index (χ0) is 18.7. The Labute approximate surface area is 158 Å². The Bertz CT molecular complexity index is 944. The van der Waals surface area contributed by atoms with Gasteiger partial charge in [-0.05, 0) is 75.1 Å². The molecule has 0 atom stereocenters. The summed E-state index contributed by atoms with van der Waals surface area (Å²) in [5, 5.41) is 0.934. The van der Waals surface area contributed by atoms with Crippen LogP contribution in [0.4, 0.5) is 0 Å². The van der Waals surface area contributed by atoms with Crippen molar-refractivity contribution in [1.82, 2.24) is 0 Å². The van der Waals surface area contributed by atoms with E-state index in [1.165, 1.54) is 6.08 Å². The van der Waals surface area contributed by atoms with Crippen molar-refractivity contribution in [3.63, 3.8) is 0 Å². The van der Waals surface area contributed by atoms with Gasteiger partial charge in [0.2, 0.25) is 5.78 Å². The molecule has 0 unspecified atom stereocenters. The molecule has 0 amide bonds. The van der Waals surface area contributed by atoms with Crippen LogP contribution in [0.1, 0.15) is 36.9 Å². The van der Waals surface area contributed by atoms with Crippen LogP contribution in [0.5, 0.6) is 5.75 Å². The Morgan fingerprint density at radius 3 is 2.46 bits per heavy atom. The van der Waals surface area contributed by atoms with Gasteiger partial charge in [0.05, 0.1) is 0 Å². The Morgan fingerprint density at radius 1 is 1.08 bits per heavy atom. The van der Waals surface area contributed by atoms with E-state index in [1.54, 1.807) is 23.9 Å². The number of fused-ring (bicyclic) bond motifs is 1. The highest BCUT2D eigenvalue weighted by molar-refractivity contribution is 7.98. The number of ether oxygens (including phenoxy) is 1. The smallest absolute Gasteiger partial charge is 0.221 e. The normalized spacial score (nSPS) is 12.0. The van der Waals surface area contributed by atoms with E-state index in [1.807, 2.05) is 69.5 Å². The highest BCUT2D eigenvalue weighted by Crippen LogP contribution is 2.25. The molecular formula is C22H22O3S. The molecule has 0 saturated carbocycles. The van der Waals surface area contributed by atoms with Crippen LogP contribution in [-0.4, -0.2) is 17.6 Å². The molecule has 26 heavy (non-hydrogen) atoms. The minimum Gasteiger partial charge on any atom is -0.488 e.